The summed E-state index contributed by atoms with van der Waals surface area (Å²) in [5.41, 5.74) is 0. The molecule has 0 aromatic rings. The first-order valence-electron chi connectivity index (χ1n) is 6.30. The van der Waals surface area contributed by atoms with Gasteiger partial charge in [-0.3, -0.25) is 4.18 Å². The number of nitrogens with one attached hydrogen (secondary N) is 1. The van der Waals surface area contributed by atoms with E-state index in [-0.39, 0.29) is 12.6 Å². The Kier molecular flexibility index (Phi) is 6.35. The lowest BCUT2D eigenvalue weighted by atomic mass is 10.3. The van der Waals surface area contributed by atoms with Gasteiger partial charge in [-0.2, -0.15) is 12.7 Å². The predicted octanol–water partition coefficient (Wildman–Crippen LogP) is -1.66. The van der Waals surface area contributed by atoms with Gasteiger partial charge in [-0.15, -0.1) is 0 Å². The van der Waals surface area contributed by atoms with Crippen molar-refractivity contribution in [3.05, 3.63) is 0 Å². The molecule has 2 heterocycles. The number of aliphatic hydroxyl groups is 1. The molecule has 0 unspecified atom stereocenters. The summed E-state index contributed by atoms with van der Waals surface area (Å²) in [6.45, 7) is 2.21. The van der Waals surface area contributed by atoms with Crippen molar-refractivity contribution in [1.82, 2.24) is 9.62 Å². The number of hydrogen-bond donors (Lipinski definition) is 2. The first kappa shape index (κ1) is 17.8. The van der Waals surface area contributed by atoms with Crippen LogP contribution in [0.3, 0.4) is 0 Å². The van der Waals surface area contributed by atoms with Crippen LogP contribution in [0.5, 0.6) is 0 Å². The molecule has 2 N–H and O–H groups in total. The van der Waals surface area contributed by atoms with Gasteiger partial charge in [-0.05, 0) is 19.4 Å². The van der Waals surface area contributed by atoms with E-state index in [4.69, 9.17) is 9.29 Å². The van der Waals surface area contributed by atoms with E-state index < -0.39 is 26.2 Å². The van der Waals surface area contributed by atoms with Gasteiger partial charge in [-0.1, -0.05) is 0 Å². The molecule has 0 aromatic carbocycles. The third-order valence-electron chi connectivity index (χ3n) is 2.92. The van der Waals surface area contributed by atoms with Crippen LogP contribution in [-0.2, 0) is 24.3 Å². The molecule has 0 spiro atoms. The molecule has 2 fully saturated rings. The molecule has 8 nitrogen and oxygen atoms in total. The summed E-state index contributed by atoms with van der Waals surface area (Å²) in [7, 11) is -6.73. The van der Waals surface area contributed by atoms with Crippen molar-refractivity contribution in [2.45, 2.75) is 25.0 Å². The first-order valence-corrected chi connectivity index (χ1v) is 9.96. The van der Waals surface area contributed by atoms with Gasteiger partial charge in [0.05, 0.1) is 24.7 Å². The lowest BCUT2D eigenvalue weighted by molar-refractivity contribution is 0.196. The summed E-state index contributed by atoms with van der Waals surface area (Å²) < 4.78 is 49.5. The van der Waals surface area contributed by atoms with Gasteiger partial charge in [0, 0.05) is 19.6 Å². The Morgan fingerprint density at radius 3 is 2.15 bits per heavy atom. The van der Waals surface area contributed by atoms with Gasteiger partial charge < -0.3 is 10.4 Å². The molecule has 2 aliphatic rings. The SMILES string of the molecule is CS(=O)(=O)O[C@H]1CCN(S(C)(=O)=O)C1.O[C@H]1CCNC1. The second kappa shape index (κ2) is 7.14. The number of rotatable bonds is 3. The van der Waals surface area contributed by atoms with Crippen molar-refractivity contribution in [3.63, 3.8) is 0 Å². The topological polar surface area (TPSA) is 113 Å². The Bertz CT molecular complexity index is 498. The highest BCUT2D eigenvalue weighted by Gasteiger charge is 2.31. The van der Waals surface area contributed by atoms with E-state index in [0.717, 1.165) is 32.0 Å². The number of hydrogen-bond acceptors (Lipinski definition) is 7. The fourth-order valence-electron chi connectivity index (χ4n) is 1.96. The molecular formula is C10H22N2O6S2. The van der Waals surface area contributed by atoms with Crippen molar-refractivity contribution in [2.75, 3.05) is 38.7 Å². The Morgan fingerprint density at radius 2 is 1.85 bits per heavy atom. The minimum atomic E-state index is -3.50. The molecule has 0 radical (unpaired) electrons. The van der Waals surface area contributed by atoms with Crippen molar-refractivity contribution >= 4 is 20.1 Å². The second-order valence-electron chi connectivity index (χ2n) is 4.98. The summed E-state index contributed by atoms with van der Waals surface area (Å²) in [5.74, 6) is 0. The Balaban J connectivity index is 0.000000276. The van der Waals surface area contributed by atoms with Gasteiger partial charge in [0.25, 0.3) is 10.1 Å². The van der Waals surface area contributed by atoms with Crippen molar-refractivity contribution in [2.24, 2.45) is 0 Å². The van der Waals surface area contributed by atoms with E-state index in [1.54, 1.807) is 0 Å². The molecule has 0 saturated carbocycles. The molecule has 0 aromatic heterocycles. The summed E-state index contributed by atoms with van der Waals surface area (Å²) >= 11 is 0. The zero-order valence-electron chi connectivity index (χ0n) is 11.6. The van der Waals surface area contributed by atoms with E-state index in [1.807, 2.05) is 0 Å². The molecule has 2 atom stereocenters. The smallest absolute Gasteiger partial charge is 0.264 e. The predicted molar refractivity (Wildman–Crippen MR) is 74.2 cm³/mol. The van der Waals surface area contributed by atoms with E-state index in [0.29, 0.717) is 13.0 Å². The van der Waals surface area contributed by atoms with Crippen LogP contribution in [0.15, 0.2) is 0 Å². The maximum absolute atomic E-state index is 11.1. The molecule has 0 bridgehead atoms. The van der Waals surface area contributed by atoms with Crippen molar-refractivity contribution in [1.29, 1.82) is 0 Å². The van der Waals surface area contributed by atoms with Crippen LogP contribution >= 0.6 is 0 Å². The normalized spacial score (nSPS) is 28.1. The molecule has 0 amide bonds. The van der Waals surface area contributed by atoms with Gasteiger partial charge in [0.15, 0.2) is 0 Å². The molecule has 120 valence electrons. The zero-order chi connectivity index (χ0) is 15.4. The fourth-order valence-corrected chi connectivity index (χ4v) is 3.49. The minimum Gasteiger partial charge on any atom is -0.392 e. The molecule has 2 aliphatic heterocycles. The highest BCUT2D eigenvalue weighted by Crippen LogP contribution is 2.16. The average molecular weight is 330 g/mol. The standard InChI is InChI=1S/C6H13NO5S2.C4H9NO/c1-13(8,9)7-4-3-6(5-7)12-14(2,10)11;6-4-1-2-5-3-4/h6H,3-5H2,1-2H3;4-6H,1-3H2/t6-;4-/m00/s1. The van der Waals surface area contributed by atoms with Crippen molar-refractivity contribution < 1.29 is 26.1 Å². The second-order valence-corrected chi connectivity index (χ2v) is 8.56. The number of sulfonamides is 1. The van der Waals surface area contributed by atoms with Crippen LogP contribution in [0.25, 0.3) is 0 Å². The van der Waals surface area contributed by atoms with Gasteiger partial charge in [-0.25, -0.2) is 8.42 Å². The van der Waals surface area contributed by atoms with Crippen LogP contribution < -0.4 is 5.32 Å². The number of nitrogens with zero attached hydrogens (tertiary/aromatic N) is 1. The molecule has 0 aliphatic carbocycles. The van der Waals surface area contributed by atoms with E-state index in [1.165, 1.54) is 4.31 Å². The molecule has 2 rings (SSSR count). The molecular weight excluding hydrogens is 308 g/mol. The van der Waals surface area contributed by atoms with Gasteiger partial charge in [0.2, 0.25) is 10.0 Å². The summed E-state index contributed by atoms with van der Waals surface area (Å²) in [5, 5.41) is 11.7. The fraction of sp³-hybridized carbons (Fsp3) is 1.00. The van der Waals surface area contributed by atoms with Crippen LogP contribution in [0.1, 0.15) is 12.8 Å². The summed E-state index contributed by atoms with van der Waals surface area (Å²) in [4.78, 5) is 0. The molecule has 2 saturated heterocycles. The third-order valence-corrected chi connectivity index (χ3v) is 4.81. The Morgan fingerprint density at radius 1 is 1.20 bits per heavy atom. The average Bonchev–Trinajstić information content (AvgIpc) is 2.86. The van der Waals surface area contributed by atoms with Gasteiger partial charge in [0.1, 0.15) is 0 Å². The highest BCUT2D eigenvalue weighted by atomic mass is 32.2. The van der Waals surface area contributed by atoms with Crippen LogP contribution in [0.4, 0.5) is 0 Å². The first-order chi connectivity index (χ1) is 9.08. The number of β-amino-alcohol motifs (C(OH)–C–C–N with tert-alkyl or cyclic N) is 1. The van der Waals surface area contributed by atoms with E-state index in [2.05, 4.69) is 5.32 Å². The Labute approximate surface area is 120 Å². The van der Waals surface area contributed by atoms with Crippen LogP contribution in [0, 0.1) is 0 Å². The third kappa shape index (κ3) is 6.95. The lowest BCUT2D eigenvalue weighted by Gasteiger charge is -2.12. The molecule has 20 heavy (non-hydrogen) atoms. The highest BCUT2D eigenvalue weighted by molar-refractivity contribution is 7.88. The van der Waals surface area contributed by atoms with Crippen molar-refractivity contribution in [3.8, 4) is 0 Å². The van der Waals surface area contributed by atoms with E-state index in [9.17, 15) is 16.8 Å². The minimum absolute atomic E-state index is 0.0648. The largest absolute Gasteiger partial charge is 0.392 e. The van der Waals surface area contributed by atoms with Crippen LogP contribution in [0.2, 0.25) is 0 Å². The monoisotopic (exact) mass is 330 g/mol. The summed E-state index contributed by atoms with van der Waals surface area (Å²) in [6.07, 6.45) is 2.79. The zero-order valence-corrected chi connectivity index (χ0v) is 13.3. The van der Waals surface area contributed by atoms with Gasteiger partial charge >= 0.3 is 0 Å². The number of aliphatic hydroxyl groups excluding tert-OH is 1. The maximum atomic E-state index is 11.1. The maximum Gasteiger partial charge on any atom is 0.264 e. The summed E-state index contributed by atoms with van der Waals surface area (Å²) in [6, 6.07) is 0. The Hall–Kier alpha value is -0.260. The quantitative estimate of drug-likeness (QED) is 0.595. The lowest BCUT2D eigenvalue weighted by Crippen LogP contribution is -2.29. The van der Waals surface area contributed by atoms with Crippen LogP contribution in [-0.4, -0.2) is 77.1 Å². The van der Waals surface area contributed by atoms with E-state index >= 15 is 0 Å². The molecule has 10 heteroatoms.